The topological polar surface area (TPSA) is 103 Å². The summed E-state index contributed by atoms with van der Waals surface area (Å²) in [4.78, 5) is 16.3. The van der Waals surface area contributed by atoms with Crippen molar-refractivity contribution in [1.29, 1.82) is 0 Å². The van der Waals surface area contributed by atoms with Crippen LogP contribution in [0, 0.1) is 0 Å². The van der Waals surface area contributed by atoms with Crippen molar-refractivity contribution >= 4 is 17.5 Å². The predicted molar refractivity (Wildman–Crippen MR) is 88.4 cm³/mol. The van der Waals surface area contributed by atoms with Crippen molar-refractivity contribution in [2.24, 2.45) is 5.73 Å². The van der Waals surface area contributed by atoms with E-state index in [2.05, 4.69) is 15.5 Å². The molecule has 7 nitrogen and oxygen atoms in total. The van der Waals surface area contributed by atoms with Crippen molar-refractivity contribution in [2.75, 3.05) is 13.1 Å². The van der Waals surface area contributed by atoms with Gasteiger partial charge in [-0.2, -0.15) is 4.98 Å². The third kappa shape index (κ3) is 4.11. The SMILES string of the molecule is NC[C@H]1CC[C@@H](C(=O)NCCc2nc(-c3ccc(Cl)cc3)no2)O1. The molecule has 0 unspecified atom stereocenters. The van der Waals surface area contributed by atoms with Gasteiger partial charge in [-0.25, -0.2) is 0 Å². The largest absolute Gasteiger partial charge is 0.364 e. The van der Waals surface area contributed by atoms with Crippen LogP contribution >= 0.6 is 11.6 Å². The number of carbonyl (C=O) groups is 1. The Balaban J connectivity index is 1.47. The molecule has 1 saturated heterocycles. The molecular weight excluding hydrogens is 332 g/mol. The summed E-state index contributed by atoms with van der Waals surface area (Å²) >= 11 is 5.85. The molecule has 0 spiro atoms. The number of carbonyl (C=O) groups excluding carboxylic acids is 1. The van der Waals surface area contributed by atoms with Crippen molar-refractivity contribution in [3.63, 3.8) is 0 Å². The number of rotatable bonds is 6. The summed E-state index contributed by atoms with van der Waals surface area (Å²) in [5.74, 6) is 0.841. The Morgan fingerprint density at radius 1 is 1.33 bits per heavy atom. The Hall–Kier alpha value is -1.96. The van der Waals surface area contributed by atoms with Crippen molar-refractivity contribution < 1.29 is 14.1 Å². The maximum atomic E-state index is 12.0. The van der Waals surface area contributed by atoms with Crippen molar-refractivity contribution in [3.05, 3.63) is 35.2 Å². The summed E-state index contributed by atoms with van der Waals surface area (Å²) < 4.78 is 10.7. The summed E-state index contributed by atoms with van der Waals surface area (Å²) in [6.07, 6.45) is 1.56. The molecule has 1 aliphatic heterocycles. The Morgan fingerprint density at radius 2 is 2.12 bits per heavy atom. The molecule has 0 saturated carbocycles. The monoisotopic (exact) mass is 350 g/mol. The van der Waals surface area contributed by atoms with Gasteiger partial charge in [0.15, 0.2) is 0 Å². The van der Waals surface area contributed by atoms with Gasteiger partial charge >= 0.3 is 0 Å². The van der Waals surface area contributed by atoms with Crippen LogP contribution < -0.4 is 11.1 Å². The molecule has 3 N–H and O–H groups in total. The van der Waals surface area contributed by atoms with E-state index in [-0.39, 0.29) is 12.0 Å². The first-order valence-corrected chi connectivity index (χ1v) is 8.25. The van der Waals surface area contributed by atoms with Crippen LogP contribution in [-0.4, -0.2) is 41.3 Å². The third-order valence-corrected chi connectivity index (χ3v) is 4.12. The molecule has 0 aliphatic carbocycles. The molecule has 8 heteroatoms. The van der Waals surface area contributed by atoms with Crippen LogP contribution in [0.1, 0.15) is 18.7 Å². The predicted octanol–water partition coefficient (Wildman–Crippen LogP) is 1.55. The Labute approximate surface area is 144 Å². The zero-order valence-electron chi connectivity index (χ0n) is 13.1. The number of amides is 1. The molecule has 2 atom stereocenters. The second-order valence-electron chi connectivity index (χ2n) is 5.62. The number of aromatic nitrogens is 2. The van der Waals surface area contributed by atoms with Gasteiger partial charge in [-0.1, -0.05) is 16.8 Å². The lowest BCUT2D eigenvalue weighted by molar-refractivity contribution is -0.131. The number of halogens is 1. The smallest absolute Gasteiger partial charge is 0.249 e. The van der Waals surface area contributed by atoms with E-state index in [4.69, 9.17) is 26.6 Å². The van der Waals surface area contributed by atoms with E-state index in [1.54, 1.807) is 12.1 Å². The molecule has 24 heavy (non-hydrogen) atoms. The van der Waals surface area contributed by atoms with E-state index in [1.807, 2.05) is 12.1 Å². The van der Waals surface area contributed by atoms with E-state index in [0.29, 0.717) is 42.7 Å². The molecule has 1 fully saturated rings. The van der Waals surface area contributed by atoms with E-state index in [9.17, 15) is 4.79 Å². The fourth-order valence-corrected chi connectivity index (χ4v) is 2.68. The maximum absolute atomic E-state index is 12.0. The highest BCUT2D eigenvalue weighted by atomic mass is 35.5. The van der Waals surface area contributed by atoms with Gasteiger partial charge in [0.2, 0.25) is 17.6 Å². The van der Waals surface area contributed by atoms with E-state index in [0.717, 1.165) is 12.0 Å². The molecule has 2 heterocycles. The molecular formula is C16H19ClN4O3. The quantitative estimate of drug-likeness (QED) is 0.819. The average molecular weight is 351 g/mol. The standard InChI is InChI=1S/C16H19ClN4O3/c17-11-3-1-10(2-4-11)15-20-14(24-21-15)7-8-19-16(22)13-6-5-12(9-18)23-13/h1-4,12-13H,5-9,18H2,(H,19,22)/t12-,13+/m1/s1. The number of nitrogens with zero attached hydrogens (tertiary/aromatic N) is 2. The second kappa shape index (κ2) is 7.74. The van der Waals surface area contributed by atoms with Gasteiger partial charge in [0, 0.05) is 30.1 Å². The van der Waals surface area contributed by atoms with Crippen LogP contribution in [0.15, 0.2) is 28.8 Å². The zero-order chi connectivity index (χ0) is 16.9. The lowest BCUT2D eigenvalue weighted by atomic mass is 10.2. The number of benzene rings is 1. The molecule has 3 rings (SSSR count). The Bertz CT molecular complexity index is 689. The van der Waals surface area contributed by atoms with Crippen LogP contribution in [-0.2, 0) is 16.0 Å². The second-order valence-corrected chi connectivity index (χ2v) is 6.06. The van der Waals surface area contributed by atoms with Gasteiger partial charge in [-0.05, 0) is 37.1 Å². The summed E-state index contributed by atoms with van der Waals surface area (Å²) in [6, 6.07) is 7.18. The van der Waals surface area contributed by atoms with Crippen LogP contribution in [0.4, 0.5) is 0 Å². The highest BCUT2D eigenvalue weighted by Gasteiger charge is 2.29. The first-order chi connectivity index (χ1) is 11.7. The highest BCUT2D eigenvalue weighted by Crippen LogP contribution is 2.20. The molecule has 128 valence electrons. The molecule has 1 aromatic heterocycles. The summed E-state index contributed by atoms with van der Waals surface area (Å²) in [7, 11) is 0. The Kier molecular flexibility index (Phi) is 5.44. The third-order valence-electron chi connectivity index (χ3n) is 3.87. The number of ether oxygens (including phenoxy) is 1. The van der Waals surface area contributed by atoms with Gasteiger partial charge in [0.25, 0.3) is 0 Å². The van der Waals surface area contributed by atoms with Gasteiger partial charge in [-0.3, -0.25) is 4.79 Å². The fraction of sp³-hybridized carbons (Fsp3) is 0.438. The van der Waals surface area contributed by atoms with Gasteiger partial charge in [0.1, 0.15) is 6.10 Å². The van der Waals surface area contributed by atoms with Crippen LogP contribution in [0.5, 0.6) is 0 Å². The van der Waals surface area contributed by atoms with Gasteiger partial charge in [0.05, 0.1) is 6.10 Å². The number of hydrogen-bond donors (Lipinski definition) is 2. The lowest BCUT2D eigenvalue weighted by Crippen LogP contribution is -2.36. The average Bonchev–Trinajstić information content (AvgIpc) is 3.24. The minimum Gasteiger partial charge on any atom is -0.364 e. The van der Waals surface area contributed by atoms with Gasteiger partial charge < -0.3 is 20.3 Å². The first kappa shape index (κ1) is 16.9. The number of nitrogens with one attached hydrogen (secondary N) is 1. The van der Waals surface area contributed by atoms with E-state index < -0.39 is 6.10 Å². The Morgan fingerprint density at radius 3 is 2.83 bits per heavy atom. The van der Waals surface area contributed by atoms with Crippen LogP contribution in [0.2, 0.25) is 5.02 Å². The molecule has 1 amide bonds. The summed E-state index contributed by atoms with van der Waals surface area (Å²) in [5, 5.41) is 7.41. The molecule has 2 aromatic rings. The molecule has 1 aromatic carbocycles. The first-order valence-electron chi connectivity index (χ1n) is 7.87. The number of nitrogens with two attached hydrogens (primary N) is 1. The van der Waals surface area contributed by atoms with E-state index >= 15 is 0 Å². The van der Waals surface area contributed by atoms with Crippen LogP contribution in [0.25, 0.3) is 11.4 Å². The molecule has 1 aliphatic rings. The maximum Gasteiger partial charge on any atom is 0.249 e. The number of hydrogen-bond acceptors (Lipinski definition) is 6. The lowest BCUT2D eigenvalue weighted by Gasteiger charge is -2.11. The van der Waals surface area contributed by atoms with Crippen molar-refractivity contribution in [3.8, 4) is 11.4 Å². The molecule has 0 bridgehead atoms. The fourth-order valence-electron chi connectivity index (χ4n) is 2.55. The molecule has 0 radical (unpaired) electrons. The minimum absolute atomic E-state index is 0.0152. The minimum atomic E-state index is -0.411. The van der Waals surface area contributed by atoms with Crippen molar-refractivity contribution in [1.82, 2.24) is 15.5 Å². The zero-order valence-corrected chi connectivity index (χ0v) is 13.8. The van der Waals surface area contributed by atoms with Crippen LogP contribution in [0.3, 0.4) is 0 Å². The van der Waals surface area contributed by atoms with E-state index in [1.165, 1.54) is 0 Å². The van der Waals surface area contributed by atoms with Crippen molar-refractivity contribution in [2.45, 2.75) is 31.5 Å². The summed E-state index contributed by atoms with van der Waals surface area (Å²) in [6.45, 7) is 0.855. The summed E-state index contributed by atoms with van der Waals surface area (Å²) in [5.41, 5.74) is 6.36. The normalized spacial score (nSPS) is 20.2. The van der Waals surface area contributed by atoms with Gasteiger partial charge in [-0.15, -0.1) is 0 Å². The highest BCUT2D eigenvalue weighted by molar-refractivity contribution is 6.30.